The van der Waals surface area contributed by atoms with Crippen molar-refractivity contribution in [3.05, 3.63) is 23.8 Å². The molecule has 1 atom stereocenters. The fourth-order valence-electron chi connectivity index (χ4n) is 1.40. The van der Waals surface area contributed by atoms with Crippen LogP contribution in [0.3, 0.4) is 0 Å². The number of ether oxygens (including phenoxy) is 2. The van der Waals surface area contributed by atoms with Crippen molar-refractivity contribution in [3.8, 4) is 11.5 Å². The van der Waals surface area contributed by atoms with Crippen LogP contribution in [0.5, 0.6) is 11.5 Å². The highest BCUT2D eigenvalue weighted by atomic mass is 16.5. The molecule has 0 aromatic heterocycles. The van der Waals surface area contributed by atoms with E-state index in [1.54, 1.807) is 27.0 Å². The first kappa shape index (κ1) is 13.8. The summed E-state index contributed by atoms with van der Waals surface area (Å²) < 4.78 is 10.7. The van der Waals surface area contributed by atoms with Gasteiger partial charge in [-0.3, -0.25) is 0 Å². The number of nitrogens with two attached hydrogens (primary N) is 1. The molecule has 0 aliphatic carbocycles. The Morgan fingerprint density at radius 1 is 1.41 bits per heavy atom. The predicted molar refractivity (Wildman–Crippen MR) is 67.4 cm³/mol. The molecule has 0 fully saturated rings. The van der Waals surface area contributed by atoms with E-state index >= 15 is 0 Å². The first-order valence-corrected chi connectivity index (χ1v) is 5.62. The summed E-state index contributed by atoms with van der Waals surface area (Å²) in [6.07, 6.45) is 0. The fraction of sp³-hybridized carbons (Fsp3) is 0.538. The van der Waals surface area contributed by atoms with Crippen LogP contribution < -0.4 is 15.2 Å². The third kappa shape index (κ3) is 4.24. The van der Waals surface area contributed by atoms with Crippen LogP contribution in [0.25, 0.3) is 0 Å². The van der Waals surface area contributed by atoms with E-state index < -0.39 is 5.60 Å². The maximum Gasteiger partial charge on any atom is 0.127 e. The van der Waals surface area contributed by atoms with Gasteiger partial charge in [0.05, 0.1) is 12.7 Å². The van der Waals surface area contributed by atoms with Crippen LogP contribution in [0.4, 0.5) is 0 Å². The van der Waals surface area contributed by atoms with E-state index in [-0.39, 0.29) is 12.6 Å². The van der Waals surface area contributed by atoms with Crippen LogP contribution in [0.15, 0.2) is 18.2 Å². The van der Waals surface area contributed by atoms with Gasteiger partial charge in [-0.2, -0.15) is 0 Å². The molecule has 17 heavy (non-hydrogen) atoms. The highest BCUT2D eigenvalue weighted by Crippen LogP contribution is 2.29. The quantitative estimate of drug-likeness (QED) is 0.823. The van der Waals surface area contributed by atoms with Crippen LogP contribution in [0.2, 0.25) is 0 Å². The lowest BCUT2D eigenvalue weighted by atomic mass is 10.1. The van der Waals surface area contributed by atoms with E-state index in [2.05, 4.69) is 0 Å². The van der Waals surface area contributed by atoms with Crippen molar-refractivity contribution in [1.29, 1.82) is 0 Å². The van der Waals surface area contributed by atoms with Crippen molar-refractivity contribution in [1.82, 2.24) is 0 Å². The largest absolute Gasteiger partial charge is 0.497 e. The van der Waals surface area contributed by atoms with Crippen LogP contribution in [-0.2, 0) is 0 Å². The summed E-state index contributed by atoms with van der Waals surface area (Å²) in [6, 6.07) is 5.38. The number of rotatable bonds is 5. The lowest BCUT2D eigenvalue weighted by Crippen LogP contribution is -2.28. The second kappa shape index (κ2) is 5.38. The van der Waals surface area contributed by atoms with Crippen LogP contribution in [-0.4, -0.2) is 24.4 Å². The minimum absolute atomic E-state index is 0.127. The molecular weight excluding hydrogens is 218 g/mol. The smallest absolute Gasteiger partial charge is 0.127 e. The highest BCUT2D eigenvalue weighted by molar-refractivity contribution is 5.42. The molecule has 96 valence electrons. The summed E-state index contributed by atoms with van der Waals surface area (Å²) in [4.78, 5) is 0. The minimum atomic E-state index is -0.877. The third-order valence-corrected chi connectivity index (χ3v) is 2.29. The van der Waals surface area contributed by atoms with Gasteiger partial charge in [-0.25, -0.2) is 0 Å². The van der Waals surface area contributed by atoms with Crippen molar-refractivity contribution in [2.45, 2.75) is 32.4 Å². The van der Waals surface area contributed by atoms with Crippen LogP contribution >= 0.6 is 0 Å². The van der Waals surface area contributed by atoms with Crippen LogP contribution in [0.1, 0.15) is 32.4 Å². The topological polar surface area (TPSA) is 64.7 Å². The summed E-state index contributed by atoms with van der Waals surface area (Å²) in [6.45, 7) is 5.48. The van der Waals surface area contributed by atoms with Gasteiger partial charge in [-0.05, 0) is 26.8 Å². The van der Waals surface area contributed by atoms with Gasteiger partial charge in [-0.1, -0.05) is 6.07 Å². The summed E-state index contributed by atoms with van der Waals surface area (Å²) in [7, 11) is 1.60. The van der Waals surface area contributed by atoms with Gasteiger partial charge in [0.1, 0.15) is 18.1 Å². The summed E-state index contributed by atoms with van der Waals surface area (Å²) >= 11 is 0. The van der Waals surface area contributed by atoms with Crippen LogP contribution in [0, 0.1) is 0 Å². The van der Waals surface area contributed by atoms with E-state index in [4.69, 9.17) is 15.2 Å². The monoisotopic (exact) mass is 239 g/mol. The summed E-state index contributed by atoms with van der Waals surface area (Å²) in [5.74, 6) is 1.36. The van der Waals surface area contributed by atoms with Crippen molar-refractivity contribution < 1.29 is 14.6 Å². The van der Waals surface area contributed by atoms with Gasteiger partial charge in [0.25, 0.3) is 0 Å². The zero-order valence-electron chi connectivity index (χ0n) is 10.9. The second-order valence-electron chi connectivity index (χ2n) is 4.79. The first-order valence-electron chi connectivity index (χ1n) is 5.62. The van der Waals surface area contributed by atoms with Gasteiger partial charge in [0.15, 0.2) is 0 Å². The Labute approximate surface area is 102 Å². The summed E-state index contributed by atoms with van der Waals surface area (Å²) in [5, 5.41) is 9.65. The first-order chi connectivity index (χ1) is 7.83. The number of hydrogen-bond donors (Lipinski definition) is 2. The van der Waals surface area contributed by atoms with E-state index in [9.17, 15) is 5.11 Å². The third-order valence-electron chi connectivity index (χ3n) is 2.29. The number of methoxy groups -OCH3 is 1. The maximum absolute atomic E-state index is 9.65. The Morgan fingerprint density at radius 2 is 2.06 bits per heavy atom. The molecule has 3 N–H and O–H groups in total. The zero-order chi connectivity index (χ0) is 13.1. The molecule has 0 saturated carbocycles. The number of aliphatic hydroxyl groups is 1. The maximum atomic E-state index is 9.65. The zero-order valence-corrected chi connectivity index (χ0v) is 10.9. The van der Waals surface area contributed by atoms with E-state index in [1.807, 2.05) is 19.1 Å². The highest BCUT2D eigenvalue weighted by Gasteiger charge is 2.16. The van der Waals surface area contributed by atoms with Crippen molar-refractivity contribution in [3.63, 3.8) is 0 Å². The van der Waals surface area contributed by atoms with E-state index in [0.29, 0.717) is 11.5 Å². The Hall–Kier alpha value is -1.26. The van der Waals surface area contributed by atoms with Gasteiger partial charge in [0.2, 0.25) is 0 Å². The standard InChI is InChI=1S/C13H21NO3/c1-9(14)11-6-5-10(16-4)7-12(11)17-8-13(2,3)15/h5-7,9,15H,8,14H2,1-4H3/t9-/m1/s1. The van der Waals surface area contributed by atoms with Gasteiger partial charge >= 0.3 is 0 Å². The minimum Gasteiger partial charge on any atom is -0.497 e. The number of hydrogen-bond acceptors (Lipinski definition) is 4. The molecule has 0 spiro atoms. The molecule has 0 heterocycles. The molecule has 0 bridgehead atoms. The Morgan fingerprint density at radius 3 is 2.53 bits per heavy atom. The second-order valence-corrected chi connectivity index (χ2v) is 4.79. The molecule has 4 heteroatoms. The molecule has 1 aromatic carbocycles. The van der Waals surface area contributed by atoms with Crippen molar-refractivity contribution in [2.24, 2.45) is 5.73 Å². The molecule has 0 aliphatic rings. The normalized spacial score (nSPS) is 13.3. The molecule has 4 nitrogen and oxygen atoms in total. The molecule has 0 saturated heterocycles. The SMILES string of the molecule is COc1ccc([C@@H](C)N)c(OCC(C)(C)O)c1. The van der Waals surface area contributed by atoms with E-state index in [0.717, 1.165) is 5.56 Å². The number of benzene rings is 1. The van der Waals surface area contributed by atoms with Crippen molar-refractivity contribution >= 4 is 0 Å². The average Bonchev–Trinajstić information content (AvgIpc) is 2.24. The van der Waals surface area contributed by atoms with E-state index in [1.165, 1.54) is 0 Å². The lowest BCUT2D eigenvalue weighted by Gasteiger charge is -2.21. The molecule has 0 amide bonds. The molecular formula is C13H21NO3. The molecule has 0 aliphatic heterocycles. The Balaban J connectivity index is 2.93. The Bertz CT molecular complexity index is 369. The molecule has 1 rings (SSSR count). The molecule has 0 radical (unpaired) electrons. The lowest BCUT2D eigenvalue weighted by molar-refractivity contribution is 0.0280. The average molecular weight is 239 g/mol. The summed E-state index contributed by atoms with van der Waals surface area (Å²) in [5.41, 5.74) is 5.88. The fourth-order valence-corrected chi connectivity index (χ4v) is 1.40. The molecule has 0 unspecified atom stereocenters. The van der Waals surface area contributed by atoms with Gasteiger partial charge < -0.3 is 20.3 Å². The van der Waals surface area contributed by atoms with Gasteiger partial charge in [0, 0.05) is 17.7 Å². The molecule has 1 aromatic rings. The van der Waals surface area contributed by atoms with Crippen molar-refractivity contribution in [2.75, 3.05) is 13.7 Å². The van der Waals surface area contributed by atoms with Gasteiger partial charge in [-0.15, -0.1) is 0 Å². The predicted octanol–water partition coefficient (Wildman–Crippen LogP) is 1.86. The Kier molecular flexibility index (Phi) is 4.37.